The molecule has 2 rings (SSSR count). The molecule has 0 fully saturated rings. The summed E-state index contributed by atoms with van der Waals surface area (Å²) in [6.45, 7) is 0. The Hall–Kier alpha value is -2.36. The first-order chi connectivity index (χ1) is 8.28. The molecule has 4 heteroatoms. The van der Waals surface area contributed by atoms with Gasteiger partial charge in [0.05, 0.1) is 12.8 Å². The molecule has 0 atom stereocenters. The first kappa shape index (κ1) is 11.1. The Kier molecular flexibility index (Phi) is 3.35. The Labute approximate surface area is 99.2 Å². The van der Waals surface area contributed by atoms with Gasteiger partial charge in [-0.15, -0.1) is 0 Å². The number of benzene rings is 1. The molecule has 17 heavy (non-hydrogen) atoms. The second-order valence-electron chi connectivity index (χ2n) is 3.41. The molecule has 1 heterocycles. The number of rotatable bonds is 3. The van der Waals surface area contributed by atoms with E-state index < -0.39 is 0 Å². The predicted molar refractivity (Wildman–Crippen MR) is 66.1 cm³/mol. The molecule has 1 N–H and O–H groups in total. The van der Waals surface area contributed by atoms with Crippen molar-refractivity contribution in [2.45, 2.75) is 0 Å². The number of hydrogen-bond acceptors (Lipinski definition) is 4. The van der Waals surface area contributed by atoms with Gasteiger partial charge in [-0.25, -0.2) is 4.98 Å². The maximum absolute atomic E-state index is 9.04. The summed E-state index contributed by atoms with van der Waals surface area (Å²) < 4.78 is 5.10. The third-order valence-electron chi connectivity index (χ3n) is 2.19. The van der Waals surface area contributed by atoms with Gasteiger partial charge in [-0.2, -0.15) is 0 Å². The van der Waals surface area contributed by atoms with Crippen LogP contribution >= 0.6 is 0 Å². The van der Waals surface area contributed by atoms with Gasteiger partial charge in [0, 0.05) is 30.1 Å². The highest BCUT2D eigenvalue weighted by atomic mass is 16.5. The summed E-state index contributed by atoms with van der Waals surface area (Å²) >= 11 is 0. The number of hydrogen-bond donors (Lipinski definition) is 1. The van der Waals surface area contributed by atoms with E-state index in [1.807, 2.05) is 24.3 Å². The summed E-state index contributed by atoms with van der Waals surface area (Å²) in [6.07, 6.45) is 3.24. The SMILES string of the molecule is COc1cccc(N=Cc2ccc(O)nc2)c1. The largest absolute Gasteiger partial charge is 0.497 e. The van der Waals surface area contributed by atoms with Crippen molar-refractivity contribution in [1.29, 1.82) is 0 Å². The van der Waals surface area contributed by atoms with E-state index >= 15 is 0 Å². The molecule has 0 amide bonds. The van der Waals surface area contributed by atoms with E-state index in [4.69, 9.17) is 9.84 Å². The van der Waals surface area contributed by atoms with Crippen molar-refractivity contribution < 1.29 is 9.84 Å². The van der Waals surface area contributed by atoms with Gasteiger partial charge in [0.2, 0.25) is 5.88 Å². The molecule has 2 aromatic rings. The molecule has 4 nitrogen and oxygen atoms in total. The van der Waals surface area contributed by atoms with Crippen molar-refractivity contribution in [3.63, 3.8) is 0 Å². The van der Waals surface area contributed by atoms with Gasteiger partial charge in [0.25, 0.3) is 0 Å². The van der Waals surface area contributed by atoms with E-state index in [2.05, 4.69) is 9.98 Å². The standard InChI is InChI=1S/C13H12N2O2/c1-17-12-4-2-3-11(7-12)14-8-10-5-6-13(16)15-9-10/h2-9H,1H3,(H,15,16). The first-order valence-corrected chi connectivity index (χ1v) is 5.11. The average molecular weight is 228 g/mol. The summed E-state index contributed by atoms with van der Waals surface area (Å²) in [4.78, 5) is 8.05. The molecule has 1 aromatic heterocycles. The summed E-state index contributed by atoms with van der Waals surface area (Å²) in [5.74, 6) is 0.770. The Morgan fingerprint density at radius 3 is 2.88 bits per heavy atom. The van der Waals surface area contributed by atoms with Crippen molar-refractivity contribution in [3.8, 4) is 11.6 Å². The molecule has 0 saturated heterocycles. The molecular weight excluding hydrogens is 216 g/mol. The van der Waals surface area contributed by atoms with E-state index in [-0.39, 0.29) is 5.88 Å². The average Bonchev–Trinajstić information content (AvgIpc) is 2.38. The molecule has 0 aliphatic heterocycles. The fraction of sp³-hybridized carbons (Fsp3) is 0.0769. The van der Waals surface area contributed by atoms with Crippen molar-refractivity contribution in [2.24, 2.45) is 4.99 Å². The van der Waals surface area contributed by atoms with Crippen LogP contribution in [-0.2, 0) is 0 Å². The second-order valence-corrected chi connectivity index (χ2v) is 3.41. The highest BCUT2D eigenvalue weighted by Crippen LogP contribution is 2.19. The van der Waals surface area contributed by atoms with Gasteiger partial charge in [0.15, 0.2) is 0 Å². The molecular formula is C13H12N2O2. The molecule has 1 aromatic carbocycles. The summed E-state index contributed by atoms with van der Waals surface area (Å²) in [5, 5.41) is 9.04. The van der Waals surface area contributed by atoms with Crippen molar-refractivity contribution >= 4 is 11.9 Å². The van der Waals surface area contributed by atoms with Gasteiger partial charge in [0.1, 0.15) is 5.75 Å². The zero-order valence-electron chi connectivity index (χ0n) is 9.37. The van der Waals surface area contributed by atoms with Gasteiger partial charge in [-0.1, -0.05) is 6.07 Å². The normalized spacial score (nSPS) is 10.6. The minimum absolute atomic E-state index is 0.00327. The zero-order valence-corrected chi connectivity index (χ0v) is 9.37. The Morgan fingerprint density at radius 1 is 1.29 bits per heavy atom. The van der Waals surface area contributed by atoms with Crippen LogP contribution in [0.4, 0.5) is 5.69 Å². The van der Waals surface area contributed by atoms with Gasteiger partial charge in [-0.05, 0) is 18.2 Å². The van der Waals surface area contributed by atoms with Crippen molar-refractivity contribution in [2.75, 3.05) is 7.11 Å². The minimum atomic E-state index is 0.00327. The van der Waals surface area contributed by atoms with Gasteiger partial charge >= 0.3 is 0 Å². The summed E-state index contributed by atoms with van der Waals surface area (Å²) in [7, 11) is 1.62. The molecule has 86 valence electrons. The molecule has 0 aliphatic carbocycles. The first-order valence-electron chi connectivity index (χ1n) is 5.11. The van der Waals surface area contributed by atoms with Crippen molar-refractivity contribution in [3.05, 3.63) is 48.2 Å². The number of aromatic nitrogens is 1. The molecule has 0 radical (unpaired) electrons. The third kappa shape index (κ3) is 3.04. The van der Waals surface area contributed by atoms with E-state index in [1.165, 1.54) is 6.07 Å². The second kappa shape index (κ2) is 5.12. The van der Waals surface area contributed by atoms with Crippen LogP contribution in [0.5, 0.6) is 11.6 Å². The number of methoxy groups -OCH3 is 1. The fourth-order valence-corrected chi connectivity index (χ4v) is 1.31. The summed E-state index contributed by atoms with van der Waals surface area (Å²) in [6, 6.07) is 10.7. The van der Waals surface area contributed by atoms with Gasteiger partial charge < -0.3 is 9.84 Å². The fourth-order valence-electron chi connectivity index (χ4n) is 1.31. The number of ether oxygens (including phenoxy) is 1. The van der Waals surface area contributed by atoms with Crippen LogP contribution in [0.2, 0.25) is 0 Å². The van der Waals surface area contributed by atoms with E-state index in [0.29, 0.717) is 0 Å². The number of aliphatic imine (C=N–C) groups is 1. The van der Waals surface area contributed by atoms with Gasteiger partial charge in [-0.3, -0.25) is 4.99 Å². The predicted octanol–water partition coefficient (Wildman–Crippen LogP) is 2.55. The third-order valence-corrected chi connectivity index (χ3v) is 2.19. The van der Waals surface area contributed by atoms with Crippen LogP contribution in [-0.4, -0.2) is 23.4 Å². The molecule has 0 aliphatic rings. The Balaban J connectivity index is 2.16. The number of aromatic hydroxyl groups is 1. The zero-order chi connectivity index (χ0) is 12.1. The highest BCUT2D eigenvalue weighted by molar-refractivity contribution is 5.81. The lowest BCUT2D eigenvalue weighted by Crippen LogP contribution is -1.83. The Bertz CT molecular complexity index is 521. The van der Waals surface area contributed by atoms with Crippen LogP contribution in [0.1, 0.15) is 5.56 Å². The number of pyridine rings is 1. The van der Waals surface area contributed by atoms with E-state index in [1.54, 1.807) is 25.6 Å². The quantitative estimate of drug-likeness (QED) is 0.821. The van der Waals surface area contributed by atoms with Crippen LogP contribution in [0.15, 0.2) is 47.6 Å². The van der Waals surface area contributed by atoms with Crippen LogP contribution in [0.25, 0.3) is 0 Å². The lowest BCUT2D eigenvalue weighted by atomic mass is 10.3. The van der Waals surface area contributed by atoms with Crippen LogP contribution in [0, 0.1) is 0 Å². The van der Waals surface area contributed by atoms with Crippen LogP contribution < -0.4 is 4.74 Å². The molecule has 0 saturated carbocycles. The molecule has 0 spiro atoms. The van der Waals surface area contributed by atoms with Crippen molar-refractivity contribution in [1.82, 2.24) is 4.98 Å². The lowest BCUT2D eigenvalue weighted by Gasteiger charge is -1.99. The topological polar surface area (TPSA) is 54.7 Å². The molecule has 0 bridgehead atoms. The Morgan fingerprint density at radius 2 is 2.18 bits per heavy atom. The monoisotopic (exact) mass is 228 g/mol. The highest BCUT2D eigenvalue weighted by Gasteiger charge is 1.93. The van der Waals surface area contributed by atoms with Crippen LogP contribution in [0.3, 0.4) is 0 Å². The maximum Gasteiger partial charge on any atom is 0.210 e. The number of nitrogens with zero attached hydrogens (tertiary/aromatic N) is 2. The smallest absolute Gasteiger partial charge is 0.210 e. The lowest BCUT2D eigenvalue weighted by molar-refractivity contribution is 0.415. The van der Waals surface area contributed by atoms with E-state index in [9.17, 15) is 0 Å². The maximum atomic E-state index is 9.04. The minimum Gasteiger partial charge on any atom is -0.497 e. The molecule has 0 unspecified atom stereocenters. The van der Waals surface area contributed by atoms with E-state index in [0.717, 1.165) is 17.0 Å². The summed E-state index contributed by atoms with van der Waals surface area (Å²) in [5.41, 5.74) is 1.63.